The molecular formula is C23H29N3O3. The van der Waals surface area contributed by atoms with Gasteiger partial charge in [-0.1, -0.05) is 37.3 Å². The van der Waals surface area contributed by atoms with Crippen molar-refractivity contribution >= 4 is 5.91 Å². The fraction of sp³-hybridized carbons (Fsp3) is 0.522. The fourth-order valence-corrected chi connectivity index (χ4v) is 4.88. The Labute approximate surface area is 171 Å². The van der Waals surface area contributed by atoms with Crippen LogP contribution in [0.25, 0.3) is 0 Å². The topological polar surface area (TPSA) is 75.3 Å². The van der Waals surface area contributed by atoms with Crippen molar-refractivity contribution < 1.29 is 9.53 Å². The van der Waals surface area contributed by atoms with Crippen molar-refractivity contribution in [1.82, 2.24) is 14.9 Å². The van der Waals surface area contributed by atoms with Gasteiger partial charge in [-0.25, -0.2) is 4.98 Å². The Hall–Kier alpha value is -2.47. The van der Waals surface area contributed by atoms with Crippen LogP contribution in [0.5, 0.6) is 0 Å². The lowest BCUT2D eigenvalue weighted by Crippen LogP contribution is -2.50. The lowest BCUT2D eigenvalue weighted by Gasteiger charge is -2.40. The summed E-state index contributed by atoms with van der Waals surface area (Å²) in [5, 5.41) is 0. The number of ether oxygens (including phenoxy) is 1. The Balaban J connectivity index is 1.71. The van der Waals surface area contributed by atoms with Crippen LogP contribution in [-0.2, 0) is 21.4 Å². The molecule has 1 aromatic carbocycles. The van der Waals surface area contributed by atoms with Gasteiger partial charge >= 0.3 is 0 Å². The number of H-pyrrole nitrogens is 1. The molecule has 2 saturated heterocycles. The highest BCUT2D eigenvalue weighted by atomic mass is 16.5. The second-order valence-corrected chi connectivity index (χ2v) is 8.09. The molecule has 2 fully saturated rings. The van der Waals surface area contributed by atoms with Gasteiger partial charge in [-0.15, -0.1) is 0 Å². The normalized spacial score (nSPS) is 21.3. The first-order valence-corrected chi connectivity index (χ1v) is 10.6. The molecule has 2 aromatic rings. The maximum absolute atomic E-state index is 14.0. The number of rotatable bonds is 4. The Morgan fingerprint density at radius 2 is 2.00 bits per heavy atom. The maximum Gasteiger partial charge on any atom is 0.254 e. The number of nitrogens with one attached hydrogen (secondary N) is 1. The van der Waals surface area contributed by atoms with Gasteiger partial charge in [0.1, 0.15) is 5.82 Å². The highest BCUT2D eigenvalue weighted by Crippen LogP contribution is 2.41. The summed E-state index contributed by atoms with van der Waals surface area (Å²) in [6.45, 7) is 5.69. The molecule has 1 N–H and O–H groups in total. The quantitative estimate of drug-likeness (QED) is 0.863. The van der Waals surface area contributed by atoms with Crippen LogP contribution in [0.1, 0.15) is 61.3 Å². The molecule has 0 aliphatic carbocycles. The summed E-state index contributed by atoms with van der Waals surface area (Å²) in [6, 6.07) is 9.89. The molecule has 1 unspecified atom stereocenters. The van der Waals surface area contributed by atoms with Gasteiger partial charge < -0.3 is 14.6 Å². The molecule has 1 amide bonds. The largest absolute Gasteiger partial charge is 0.381 e. The SMILES string of the molecule is CCc1c(C)nc(C2CCCN2C(=O)C2(c3ccccc3)CCOCC2)[nH]c1=O. The molecule has 0 spiro atoms. The number of hydrogen-bond donors (Lipinski definition) is 1. The minimum Gasteiger partial charge on any atom is -0.381 e. The first-order valence-electron chi connectivity index (χ1n) is 10.6. The van der Waals surface area contributed by atoms with Gasteiger partial charge in [0.25, 0.3) is 5.56 Å². The van der Waals surface area contributed by atoms with Crippen LogP contribution in [0.3, 0.4) is 0 Å². The highest BCUT2D eigenvalue weighted by molar-refractivity contribution is 5.89. The molecule has 4 rings (SSSR count). The number of benzene rings is 1. The molecule has 29 heavy (non-hydrogen) atoms. The number of aromatic nitrogens is 2. The van der Waals surface area contributed by atoms with E-state index in [1.165, 1.54) is 0 Å². The van der Waals surface area contributed by atoms with Crippen molar-refractivity contribution in [2.45, 2.75) is 57.4 Å². The minimum atomic E-state index is -0.569. The van der Waals surface area contributed by atoms with Crippen LogP contribution in [0.15, 0.2) is 35.1 Å². The molecule has 6 heteroatoms. The summed E-state index contributed by atoms with van der Waals surface area (Å²) in [4.78, 5) is 36.0. The number of amides is 1. The van der Waals surface area contributed by atoms with Crippen molar-refractivity contribution in [1.29, 1.82) is 0 Å². The molecule has 0 radical (unpaired) electrons. The number of likely N-dealkylation sites (tertiary alicyclic amines) is 1. The molecule has 3 heterocycles. The predicted octanol–water partition coefficient (Wildman–Crippen LogP) is 3.05. The zero-order chi connectivity index (χ0) is 20.4. The van der Waals surface area contributed by atoms with Gasteiger partial charge in [-0.2, -0.15) is 0 Å². The van der Waals surface area contributed by atoms with Crippen LogP contribution in [0.2, 0.25) is 0 Å². The van der Waals surface area contributed by atoms with E-state index >= 15 is 0 Å². The Morgan fingerprint density at radius 3 is 2.66 bits per heavy atom. The molecule has 1 atom stereocenters. The lowest BCUT2D eigenvalue weighted by atomic mass is 9.73. The second-order valence-electron chi connectivity index (χ2n) is 8.09. The number of aryl methyl sites for hydroxylation is 1. The second kappa shape index (κ2) is 8.11. The lowest BCUT2D eigenvalue weighted by molar-refractivity contribution is -0.142. The van der Waals surface area contributed by atoms with Crippen LogP contribution < -0.4 is 5.56 Å². The third kappa shape index (κ3) is 3.50. The van der Waals surface area contributed by atoms with E-state index in [1.807, 2.05) is 36.9 Å². The number of carbonyl (C=O) groups is 1. The van der Waals surface area contributed by atoms with E-state index in [4.69, 9.17) is 4.74 Å². The van der Waals surface area contributed by atoms with Gasteiger partial charge in [0, 0.05) is 31.0 Å². The number of carbonyl (C=O) groups excluding carboxylic acids is 1. The van der Waals surface area contributed by atoms with Crippen LogP contribution in [0, 0.1) is 6.92 Å². The van der Waals surface area contributed by atoms with E-state index in [0.29, 0.717) is 44.8 Å². The Kier molecular flexibility index (Phi) is 5.54. The maximum atomic E-state index is 14.0. The van der Waals surface area contributed by atoms with Gasteiger partial charge in [0.05, 0.1) is 11.5 Å². The minimum absolute atomic E-state index is 0.0851. The zero-order valence-corrected chi connectivity index (χ0v) is 17.2. The van der Waals surface area contributed by atoms with Crippen molar-refractivity contribution in [3.8, 4) is 0 Å². The smallest absolute Gasteiger partial charge is 0.254 e. The predicted molar refractivity (Wildman–Crippen MR) is 111 cm³/mol. The molecule has 154 valence electrons. The molecule has 2 aliphatic heterocycles. The monoisotopic (exact) mass is 395 g/mol. The van der Waals surface area contributed by atoms with Crippen molar-refractivity contribution in [3.63, 3.8) is 0 Å². The van der Waals surface area contributed by atoms with E-state index in [-0.39, 0.29) is 17.5 Å². The summed E-state index contributed by atoms with van der Waals surface area (Å²) in [5.41, 5.74) is 1.88. The fourth-order valence-electron chi connectivity index (χ4n) is 4.88. The highest BCUT2D eigenvalue weighted by Gasteiger charge is 2.47. The standard InChI is InChI=1S/C23H29N3O3/c1-3-18-16(2)24-20(25-21(18)27)19-10-7-13-26(19)22(28)23(11-14-29-15-12-23)17-8-5-4-6-9-17/h4-6,8-9,19H,3,7,10-15H2,1-2H3,(H,24,25,27). The van der Waals surface area contributed by atoms with E-state index in [1.54, 1.807) is 0 Å². The molecule has 0 bridgehead atoms. The average Bonchev–Trinajstić information content (AvgIpc) is 3.24. The van der Waals surface area contributed by atoms with Gasteiger partial charge in [0.15, 0.2) is 0 Å². The summed E-state index contributed by atoms with van der Waals surface area (Å²) in [5.74, 6) is 0.750. The summed E-state index contributed by atoms with van der Waals surface area (Å²) >= 11 is 0. The van der Waals surface area contributed by atoms with Gasteiger partial charge in [-0.05, 0) is 44.6 Å². The third-order valence-electron chi connectivity index (χ3n) is 6.51. The molecular weight excluding hydrogens is 366 g/mol. The summed E-state index contributed by atoms with van der Waals surface area (Å²) in [6.07, 6.45) is 3.74. The van der Waals surface area contributed by atoms with Crippen molar-refractivity contribution in [2.75, 3.05) is 19.8 Å². The van der Waals surface area contributed by atoms with E-state index < -0.39 is 5.41 Å². The summed E-state index contributed by atoms with van der Waals surface area (Å²) in [7, 11) is 0. The average molecular weight is 396 g/mol. The van der Waals surface area contributed by atoms with Crippen LogP contribution in [-0.4, -0.2) is 40.5 Å². The van der Waals surface area contributed by atoms with E-state index in [2.05, 4.69) is 22.1 Å². The molecule has 2 aliphatic rings. The first-order chi connectivity index (χ1) is 14.1. The Bertz CT molecular complexity index is 932. The van der Waals surface area contributed by atoms with Gasteiger partial charge in [0.2, 0.25) is 5.91 Å². The van der Waals surface area contributed by atoms with Crippen LogP contribution >= 0.6 is 0 Å². The number of nitrogens with zero attached hydrogens (tertiary/aromatic N) is 2. The number of aromatic amines is 1. The van der Waals surface area contributed by atoms with E-state index in [9.17, 15) is 9.59 Å². The van der Waals surface area contributed by atoms with Crippen molar-refractivity contribution in [2.24, 2.45) is 0 Å². The van der Waals surface area contributed by atoms with Crippen molar-refractivity contribution in [3.05, 3.63) is 63.3 Å². The molecule has 0 saturated carbocycles. The molecule has 1 aromatic heterocycles. The summed E-state index contributed by atoms with van der Waals surface area (Å²) < 4.78 is 5.60. The third-order valence-corrected chi connectivity index (χ3v) is 6.51. The van der Waals surface area contributed by atoms with E-state index in [0.717, 1.165) is 29.7 Å². The zero-order valence-electron chi connectivity index (χ0n) is 17.2. The van der Waals surface area contributed by atoms with Crippen LogP contribution in [0.4, 0.5) is 0 Å². The molecule has 6 nitrogen and oxygen atoms in total. The first kappa shape index (κ1) is 19.8. The Morgan fingerprint density at radius 1 is 1.28 bits per heavy atom. The number of hydrogen-bond acceptors (Lipinski definition) is 4. The van der Waals surface area contributed by atoms with Gasteiger partial charge in [-0.3, -0.25) is 9.59 Å².